The van der Waals surface area contributed by atoms with Crippen LogP contribution in [0.4, 0.5) is 5.69 Å². The second-order valence-corrected chi connectivity index (χ2v) is 4.63. The van der Waals surface area contributed by atoms with E-state index in [9.17, 15) is 4.79 Å². The third kappa shape index (κ3) is 2.70. The number of nitrogens with one attached hydrogen (secondary N) is 1. The van der Waals surface area contributed by atoms with Crippen molar-refractivity contribution in [3.8, 4) is 0 Å². The summed E-state index contributed by atoms with van der Waals surface area (Å²) in [6.07, 6.45) is 1.18. The van der Waals surface area contributed by atoms with Crippen LogP contribution in [0.2, 0.25) is 5.02 Å². The molecular weight excluding hydrogens is 240 g/mol. The van der Waals surface area contributed by atoms with Gasteiger partial charge in [0.25, 0.3) is 0 Å². The van der Waals surface area contributed by atoms with Gasteiger partial charge in [0.15, 0.2) is 0 Å². The molecule has 2 rings (SSSR count). The quantitative estimate of drug-likeness (QED) is 0.864. The Balaban J connectivity index is 2.17. The monoisotopic (exact) mass is 254 g/mol. The summed E-state index contributed by atoms with van der Waals surface area (Å²) < 4.78 is 5.26. The van der Waals surface area contributed by atoms with Crippen molar-refractivity contribution in [2.75, 3.05) is 18.5 Å². The van der Waals surface area contributed by atoms with Gasteiger partial charge < -0.3 is 15.8 Å². The van der Waals surface area contributed by atoms with E-state index < -0.39 is 5.54 Å². The lowest BCUT2D eigenvalue weighted by Crippen LogP contribution is -2.53. The maximum Gasteiger partial charge on any atom is 0.243 e. The van der Waals surface area contributed by atoms with Gasteiger partial charge in [0.05, 0.1) is 0 Å². The first-order valence-corrected chi connectivity index (χ1v) is 5.92. The van der Waals surface area contributed by atoms with Crippen LogP contribution in [0.3, 0.4) is 0 Å². The van der Waals surface area contributed by atoms with E-state index in [0.29, 0.717) is 31.1 Å². The average molecular weight is 255 g/mol. The first-order chi connectivity index (χ1) is 8.12. The minimum Gasteiger partial charge on any atom is -0.381 e. The van der Waals surface area contributed by atoms with Gasteiger partial charge >= 0.3 is 0 Å². The summed E-state index contributed by atoms with van der Waals surface area (Å²) in [6.45, 7) is 1.09. The number of carbonyl (C=O) groups is 1. The van der Waals surface area contributed by atoms with E-state index >= 15 is 0 Å². The van der Waals surface area contributed by atoms with Gasteiger partial charge in [0.1, 0.15) is 5.54 Å². The fraction of sp³-hybridized carbons (Fsp3) is 0.417. The minimum absolute atomic E-state index is 0.337. The summed E-state index contributed by atoms with van der Waals surface area (Å²) in [6, 6.07) is 7.22. The topological polar surface area (TPSA) is 64.4 Å². The van der Waals surface area contributed by atoms with Crippen molar-refractivity contribution in [3.63, 3.8) is 0 Å². The van der Waals surface area contributed by atoms with E-state index in [4.69, 9.17) is 22.1 Å². The van der Waals surface area contributed by atoms with Crippen LogP contribution < -0.4 is 11.1 Å². The normalized spacial score (nSPS) is 18.6. The van der Waals surface area contributed by atoms with Crippen LogP contribution in [0.1, 0.15) is 12.8 Å². The predicted octanol–water partition coefficient (Wildman–Crippen LogP) is 1.79. The van der Waals surface area contributed by atoms with Crippen molar-refractivity contribution >= 4 is 23.2 Å². The zero-order valence-electron chi connectivity index (χ0n) is 9.41. The summed E-state index contributed by atoms with van der Waals surface area (Å²) in [4.78, 5) is 11.6. The fourth-order valence-electron chi connectivity index (χ4n) is 1.96. The number of ether oxygens (including phenoxy) is 1. The second-order valence-electron chi connectivity index (χ2n) is 4.19. The Morgan fingerprint density at radius 3 is 2.41 bits per heavy atom. The molecule has 0 saturated carbocycles. The highest BCUT2D eigenvalue weighted by Gasteiger charge is 2.38. The van der Waals surface area contributed by atoms with Gasteiger partial charge in [-0.2, -0.15) is 0 Å². The highest BCUT2D eigenvalue weighted by Crippen LogP contribution is 2.26. The summed E-state index contributed by atoms with van der Waals surface area (Å²) in [5, 5.41) is 3.87. The van der Waals surface area contributed by atoms with Crippen LogP contribution in [-0.4, -0.2) is 24.7 Å². The molecule has 5 heteroatoms. The van der Waals surface area contributed by atoms with E-state index in [0.717, 1.165) is 5.69 Å². The molecule has 3 N–H and O–H groups in total. The van der Waals surface area contributed by atoms with Gasteiger partial charge in [0.2, 0.25) is 5.91 Å². The number of hydrogen-bond donors (Lipinski definition) is 2. The van der Waals surface area contributed by atoms with Crippen LogP contribution in [0.25, 0.3) is 0 Å². The molecule has 0 spiro atoms. The zero-order valence-corrected chi connectivity index (χ0v) is 10.2. The van der Waals surface area contributed by atoms with Crippen LogP contribution in [0.15, 0.2) is 24.3 Å². The molecule has 0 unspecified atom stereocenters. The van der Waals surface area contributed by atoms with E-state index in [1.165, 1.54) is 0 Å². The third-order valence-electron chi connectivity index (χ3n) is 3.05. The van der Waals surface area contributed by atoms with Crippen molar-refractivity contribution in [1.29, 1.82) is 0 Å². The Morgan fingerprint density at radius 2 is 1.88 bits per heavy atom. The highest BCUT2D eigenvalue weighted by molar-refractivity contribution is 6.30. The number of anilines is 1. The Bertz CT molecular complexity index is 399. The molecule has 1 aromatic carbocycles. The van der Waals surface area contributed by atoms with Gasteiger partial charge in [-0.15, -0.1) is 0 Å². The molecule has 4 nitrogen and oxygen atoms in total. The van der Waals surface area contributed by atoms with Crippen molar-refractivity contribution in [2.24, 2.45) is 5.73 Å². The Morgan fingerprint density at radius 1 is 1.29 bits per heavy atom. The zero-order chi connectivity index (χ0) is 12.3. The summed E-state index contributed by atoms with van der Waals surface area (Å²) in [7, 11) is 0. The van der Waals surface area contributed by atoms with Gasteiger partial charge in [-0.25, -0.2) is 0 Å². The molecule has 92 valence electrons. The maximum atomic E-state index is 11.6. The molecule has 1 aliphatic heterocycles. The molecule has 0 bridgehead atoms. The molecule has 0 radical (unpaired) electrons. The molecule has 0 aromatic heterocycles. The summed E-state index contributed by atoms with van der Waals surface area (Å²) in [5.74, 6) is -0.337. The number of nitrogens with two attached hydrogens (primary N) is 1. The average Bonchev–Trinajstić information content (AvgIpc) is 2.33. The van der Waals surface area contributed by atoms with E-state index in [2.05, 4.69) is 5.32 Å². The fourth-order valence-corrected chi connectivity index (χ4v) is 2.09. The van der Waals surface area contributed by atoms with Crippen molar-refractivity contribution in [1.82, 2.24) is 0 Å². The van der Waals surface area contributed by atoms with Crippen LogP contribution in [-0.2, 0) is 9.53 Å². The molecular formula is C12H15ClN2O2. The standard InChI is InChI=1S/C12H15ClN2O2/c13-9-1-3-10(4-2-9)15-12(11(14)16)5-7-17-8-6-12/h1-4,15H,5-8H2,(H2,14,16). The molecule has 1 amide bonds. The molecule has 0 aliphatic carbocycles. The van der Waals surface area contributed by atoms with Gasteiger partial charge in [-0.3, -0.25) is 4.79 Å². The number of rotatable bonds is 3. The van der Waals surface area contributed by atoms with Crippen molar-refractivity contribution < 1.29 is 9.53 Å². The van der Waals surface area contributed by atoms with Crippen LogP contribution in [0.5, 0.6) is 0 Å². The number of carbonyl (C=O) groups excluding carboxylic acids is 1. The lowest BCUT2D eigenvalue weighted by molar-refractivity contribution is -0.125. The summed E-state index contributed by atoms with van der Waals surface area (Å²) in [5.41, 5.74) is 5.64. The van der Waals surface area contributed by atoms with Crippen LogP contribution >= 0.6 is 11.6 Å². The molecule has 1 aliphatic rings. The Labute approximate surface area is 105 Å². The first-order valence-electron chi connectivity index (χ1n) is 5.54. The minimum atomic E-state index is -0.702. The molecule has 17 heavy (non-hydrogen) atoms. The summed E-state index contributed by atoms with van der Waals surface area (Å²) >= 11 is 5.81. The number of benzene rings is 1. The lowest BCUT2D eigenvalue weighted by Gasteiger charge is -2.35. The molecule has 1 saturated heterocycles. The number of halogens is 1. The van der Waals surface area contributed by atoms with Gasteiger partial charge in [0, 0.05) is 36.8 Å². The van der Waals surface area contributed by atoms with Crippen molar-refractivity contribution in [2.45, 2.75) is 18.4 Å². The smallest absolute Gasteiger partial charge is 0.243 e. The Kier molecular flexibility index (Phi) is 3.54. The van der Waals surface area contributed by atoms with E-state index in [-0.39, 0.29) is 5.91 Å². The van der Waals surface area contributed by atoms with E-state index in [1.54, 1.807) is 12.1 Å². The largest absolute Gasteiger partial charge is 0.381 e. The lowest BCUT2D eigenvalue weighted by atomic mass is 9.89. The Hall–Kier alpha value is -1.26. The third-order valence-corrected chi connectivity index (χ3v) is 3.30. The SMILES string of the molecule is NC(=O)C1(Nc2ccc(Cl)cc2)CCOCC1. The molecule has 1 heterocycles. The number of hydrogen-bond acceptors (Lipinski definition) is 3. The second kappa shape index (κ2) is 4.94. The van der Waals surface area contributed by atoms with E-state index in [1.807, 2.05) is 12.1 Å². The molecule has 0 atom stereocenters. The van der Waals surface area contributed by atoms with Crippen molar-refractivity contribution in [3.05, 3.63) is 29.3 Å². The first kappa shape index (κ1) is 12.2. The van der Waals surface area contributed by atoms with Gasteiger partial charge in [-0.1, -0.05) is 11.6 Å². The number of amides is 1. The predicted molar refractivity (Wildman–Crippen MR) is 67.1 cm³/mol. The maximum absolute atomic E-state index is 11.6. The number of primary amides is 1. The van der Waals surface area contributed by atoms with Gasteiger partial charge in [-0.05, 0) is 24.3 Å². The molecule has 1 aromatic rings. The van der Waals surface area contributed by atoms with Crippen LogP contribution in [0, 0.1) is 0 Å². The molecule has 1 fully saturated rings. The highest BCUT2D eigenvalue weighted by atomic mass is 35.5.